The molecule has 2 heteroatoms. The van der Waals surface area contributed by atoms with Crippen molar-refractivity contribution in [2.45, 2.75) is 11.9 Å². The van der Waals surface area contributed by atoms with E-state index < -0.39 is 0 Å². The van der Waals surface area contributed by atoms with E-state index in [1.54, 1.807) is 18.0 Å². The van der Waals surface area contributed by atoms with Crippen LogP contribution in [0, 0.1) is 13.8 Å². The molecule has 0 fully saturated rings. The second-order valence-corrected chi connectivity index (χ2v) is 2.98. The molecule has 0 N–H and O–H groups in total. The van der Waals surface area contributed by atoms with Gasteiger partial charge in [-0.15, -0.1) is 11.8 Å². The first-order valence-corrected chi connectivity index (χ1v) is 4.29. The van der Waals surface area contributed by atoms with Gasteiger partial charge in [-0.1, -0.05) is 0 Å². The lowest BCUT2D eigenvalue weighted by Gasteiger charge is -1.99. The molecule has 1 aromatic heterocycles. The molecule has 1 aromatic rings. The fourth-order valence-corrected chi connectivity index (χ4v) is 1.12. The highest BCUT2D eigenvalue weighted by Gasteiger charge is 1.94. The van der Waals surface area contributed by atoms with E-state index in [0.717, 1.165) is 10.6 Å². The van der Waals surface area contributed by atoms with E-state index in [1.165, 1.54) is 5.56 Å². The van der Waals surface area contributed by atoms with E-state index in [0.29, 0.717) is 0 Å². The van der Waals surface area contributed by atoms with E-state index in [9.17, 15) is 0 Å². The summed E-state index contributed by atoms with van der Waals surface area (Å²) in [6.45, 7) is 5.87. The summed E-state index contributed by atoms with van der Waals surface area (Å²) in [5.74, 6) is 0. The van der Waals surface area contributed by atoms with Gasteiger partial charge in [0, 0.05) is 6.20 Å². The van der Waals surface area contributed by atoms with Gasteiger partial charge in [-0.2, -0.15) is 0 Å². The van der Waals surface area contributed by atoms with Gasteiger partial charge >= 0.3 is 0 Å². The molecule has 53 valence electrons. The zero-order valence-electron chi connectivity index (χ0n) is 6.22. The van der Waals surface area contributed by atoms with Crippen molar-refractivity contribution in [2.75, 3.05) is 6.26 Å². The van der Waals surface area contributed by atoms with Crippen LogP contribution >= 0.6 is 11.8 Å². The maximum absolute atomic E-state index is 4.16. The summed E-state index contributed by atoms with van der Waals surface area (Å²) < 4.78 is 0. The Bertz CT molecular complexity index is 233. The van der Waals surface area contributed by atoms with Crippen molar-refractivity contribution in [3.05, 3.63) is 30.3 Å². The Morgan fingerprint density at radius 3 is 2.80 bits per heavy atom. The van der Waals surface area contributed by atoms with Gasteiger partial charge in [0.15, 0.2) is 0 Å². The number of thioether (sulfide) groups is 1. The van der Waals surface area contributed by atoms with Crippen molar-refractivity contribution < 1.29 is 0 Å². The number of aryl methyl sites for hydroxylation is 1. The van der Waals surface area contributed by atoms with Crippen molar-refractivity contribution >= 4 is 11.8 Å². The Hall–Kier alpha value is -0.500. The van der Waals surface area contributed by atoms with Gasteiger partial charge in [-0.05, 0) is 37.3 Å². The lowest BCUT2D eigenvalue weighted by atomic mass is 10.2. The average Bonchev–Trinajstić information content (AvgIpc) is 1.95. The smallest absolute Gasteiger partial charge is 0.0959 e. The Morgan fingerprint density at radius 2 is 2.30 bits per heavy atom. The third-order valence-corrected chi connectivity index (χ3v) is 2.04. The van der Waals surface area contributed by atoms with E-state index in [1.807, 2.05) is 19.2 Å². The molecule has 0 saturated carbocycles. The van der Waals surface area contributed by atoms with Crippen LogP contribution in [-0.4, -0.2) is 11.2 Å². The second kappa shape index (κ2) is 3.06. The Labute approximate surface area is 65.9 Å². The number of pyridine rings is 1. The lowest BCUT2D eigenvalue weighted by Crippen LogP contribution is -1.84. The molecule has 10 heavy (non-hydrogen) atoms. The normalized spacial score (nSPS) is 9.90. The first kappa shape index (κ1) is 7.61. The van der Waals surface area contributed by atoms with Crippen LogP contribution in [0.1, 0.15) is 11.1 Å². The fraction of sp³-hybridized carbons (Fsp3) is 0.250. The van der Waals surface area contributed by atoms with Crippen LogP contribution in [-0.2, 0) is 0 Å². The van der Waals surface area contributed by atoms with Gasteiger partial charge in [0.2, 0.25) is 0 Å². The summed E-state index contributed by atoms with van der Waals surface area (Å²) in [5, 5.41) is 1.06. The van der Waals surface area contributed by atoms with Crippen molar-refractivity contribution in [1.29, 1.82) is 0 Å². The molecule has 0 saturated heterocycles. The summed E-state index contributed by atoms with van der Waals surface area (Å²) in [7, 11) is 0. The molecule has 0 spiro atoms. The van der Waals surface area contributed by atoms with Gasteiger partial charge in [0.1, 0.15) is 0 Å². The van der Waals surface area contributed by atoms with E-state index in [4.69, 9.17) is 0 Å². The largest absolute Gasteiger partial charge is 0.250 e. The first-order valence-electron chi connectivity index (χ1n) is 3.06. The molecule has 1 nitrogen and oxygen atoms in total. The number of hydrogen-bond donors (Lipinski definition) is 0. The SMILES string of the molecule is [CH2]c1cnc(SC)cc1C. The average molecular weight is 152 g/mol. The zero-order chi connectivity index (χ0) is 7.56. The summed E-state index contributed by atoms with van der Waals surface area (Å²) in [5.41, 5.74) is 2.22. The summed E-state index contributed by atoms with van der Waals surface area (Å²) in [6.07, 6.45) is 3.83. The second-order valence-electron chi connectivity index (χ2n) is 2.15. The summed E-state index contributed by atoms with van der Waals surface area (Å²) >= 11 is 1.65. The minimum atomic E-state index is 1.01. The van der Waals surface area contributed by atoms with Gasteiger partial charge in [-0.25, -0.2) is 4.98 Å². The molecule has 0 aliphatic heterocycles. The maximum Gasteiger partial charge on any atom is 0.0959 e. The fourth-order valence-electron chi connectivity index (χ4n) is 0.670. The van der Waals surface area contributed by atoms with Crippen LogP contribution in [0.15, 0.2) is 17.3 Å². The molecule has 0 unspecified atom stereocenters. The Morgan fingerprint density at radius 1 is 1.60 bits per heavy atom. The van der Waals surface area contributed by atoms with Gasteiger partial charge in [0.25, 0.3) is 0 Å². The molecule has 1 heterocycles. The quantitative estimate of drug-likeness (QED) is 0.573. The highest BCUT2D eigenvalue weighted by Crippen LogP contribution is 2.14. The summed E-state index contributed by atoms with van der Waals surface area (Å²) in [6, 6.07) is 2.05. The van der Waals surface area contributed by atoms with Crippen LogP contribution in [0.4, 0.5) is 0 Å². The standard InChI is InChI=1S/C8H10NS/c1-6-4-8(10-3)9-5-7(6)2/h4-5H,2H2,1,3H3. The number of nitrogens with zero attached hydrogens (tertiary/aromatic N) is 1. The Balaban J connectivity index is 3.04. The van der Waals surface area contributed by atoms with Crippen LogP contribution < -0.4 is 0 Å². The van der Waals surface area contributed by atoms with Crippen molar-refractivity contribution in [2.24, 2.45) is 0 Å². The van der Waals surface area contributed by atoms with Crippen LogP contribution in [0.5, 0.6) is 0 Å². The third kappa shape index (κ3) is 1.51. The zero-order valence-corrected chi connectivity index (χ0v) is 7.03. The summed E-state index contributed by atoms with van der Waals surface area (Å²) in [4.78, 5) is 4.16. The predicted molar refractivity (Wildman–Crippen MR) is 45.2 cm³/mol. The Kier molecular flexibility index (Phi) is 2.33. The molecule has 0 aliphatic rings. The molecule has 0 bridgehead atoms. The van der Waals surface area contributed by atoms with Gasteiger partial charge < -0.3 is 0 Å². The van der Waals surface area contributed by atoms with Crippen molar-refractivity contribution in [3.8, 4) is 0 Å². The van der Waals surface area contributed by atoms with Gasteiger partial charge in [0.05, 0.1) is 5.03 Å². The predicted octanol–water partition coefficient (Wildman–Crippen LogP) is 2.29. The van der Waals surface area contributed by atoms with Crippen LogP contribution in [0.25, 0.3) is 0 Å². The molecule has 1 rings (SSSR count). The molecule has 0 aromatic carbocycles. The highest BCUT2D eigenvalue weighted by molar-refractivity contribution is 7.98. The number of aromatic nitrogens is 1. The first-order chi connectivity index (χ1) is 4.74. The third-order valence-electron chi connectivity index (χ3n) is 1.40. The maximum atomic E-state index is 4.16. The van der Waals surface area contributed by atoms with E-state index >= 15 is 0 Å². The van der Waals surface area contributed by atoms with Gasteiger partial charge in [-0.3, -0.25) is 0 Å². The monoisotopic (exact) mass is 152 g/mol. The van der Waals surface area contributed by atoms with E-state index in [2.05, 4.69) is 11.9 Å². The molecular formula is C8H10NS. The minimum Gasteiger partial charge on any atom is -0.250 e. The topological polar surface area (TPSA) is 12.9 Å². The molecule has 1 radical (unpaired) electrons. The van der Waals surface area contributed by atoms with Crippen molar-refractivity contribution in [1.82, 2.24) is 4.98 Å². The molecular weight excluding hydrogens is 142 g/mol. The van der Waals surface area contributed by atoms with E-state index in [-0.39, 0.29) is 0 Å². The number of hydrogen-bond acceptors (Lipinski definition) is 2. The highest BCUT2D eigenvalue weighted by atomic mass is 32.2. The molecule has 0 atom stereocenters. The van der Waals surface area contributed by atoms with Crippen LogP contribution in [0.3, 0.4) is 0 Å². The molecule has 0 amide bonds. The lowest BCUT2D eigenvalue weighted by molar-refractivity contribution is 1.10. The van der Waals surface area contributed by atoms with Crippen molar-refractivity contribution in [3.63, 3.8) is 0 Å². The molecule has 0 aliphatic carbocycles. The van der Waals surface area contributed by atoms with Crippen LogP contribution in [0.2, 0.25) is 0 Å². The minimum absolute atomic E-state index is 1.01. The number of rotatable bonds is 1.